The van der Waals surface area contributed by atoms with Crippen LogP contribution in [0.2, 0.25) is 0 Å². The Balaban J connectivity index is 3.16. The van der Waals surface area contributed by atoms with Crippen LogP contribution in [0.25, 0.3) is 0 Å². The van der Waals surface area contributed by atoms with Gasteiger partial charge in [-0.15, -0.1) is 0 Å². The number of nitrogens with zero attached hydrogens (tertiary/aromatic N) is 2. The molecule has 0 unspecified atom stereocenters. The third-order valence-corrected chi connectivity index (χ3v) is 1.12. The summed E-state index contributed by atoms with van der Waals surface area (Å²) < 4.78 is 0. The normalized spacial score (nSPS) is 9.30. The first-order valence-corrected chi connectivity index (χ1v) is 2.78. The fourth-order valence-electron chi connectivity index (χ4n) is 0.566. The fraction of sp³-hybridized carbons (Fsp3) is 0.167. The maximum absolute atomic E-state index is 10.1. The minimum absolute atomic E-state index is 0.312. The van der Waals surface area contributed by atoms with Crippen LogP contribution in [0, 0.1) is 6.92 Å². The molecule has 1 rings (SSSR count). The van der Waals surface area contributed by atoms with Crippen molar-refractivity contribution in [1.82, 2.24) is 9.97 Å². The van der Waals surface area contributed by atoms with Crippen molar-refractivity contribution in [1.29, 1.82) is 0 Å². The first-order chi connectivity index (χ1) is 4.74. The van der Waals surface area contributed by atoms with Gasteiger partial charge in [0.05, 0.1) is 11.9 Å². The molecule has 0 spiro atoms. The molecule has 0 aliphatic rings. The van der Waals surface area contributed by atoms with Gasteiger partial charge in [-0.1, -0.05) is 0 Å². The van der Waals surface area contributed by atoms with Gasteiger partial charge < -0.3 is 5.73 Å². The number of anilines is 1. The molecule has 0 radical (unpaired) electrons. The molecule has 4 nitrogen and oxygen atoms in total. The zero-order chi connectivity index (χ0) is 7.56. The summed E-state index contributed by atoms with van der Waals surface area (Å²) in [5, 5.41) is 0. The molecule has 0 atom stereocenters. The predicted octanol–water partition coefficient (Wildman–Crippen LogP) is 0.180. The van der Waals surface area contributed by atoms with E-state index in [-0.39, 0.29) is 0 Å². The number of carbonyl (C=O) groups excluding carboxylic acids is 1. The summed E-state index contributed by atoms with van der Waals surface area (Å²) in [6.07, 6.45) is 1.98. The standard InChI is InChI=1S/C6H7N3O/c1-4-6(7)8-2-5(3-10)9-4/h2-3H,1H3,(H2,7,8). The van der Waals surface area contributed by atoms with E-state index in [0.717, 1.165) is 0 Å². The van der Waals surface area contributed by atoms with Gasteiger partial charge in [0, 0.05) is 0 Å². The summed E-state index contributed by atoms with van der Waals surface area (Å²) in [4.78, 5) is 17.7. The van der Waals surface area contributed by atoms with Crippen molar-refractivity contribution in [2.75, 3.05) is 5.73 Å². The van der Waals surface area contributed by atoms with Crippen LogP contribution in [0.4, 0.5) is 5.82 Å². The molecule has 0 saturated carbocycles. The maximum Gasteiger partial charge on any atom is 0.170 e. The second kappa shape index (κ2) is 2.43. The average molecular weight is 137 g/mol. The smallest absolute Gasteiger partial charge is 0.170 e. The molecule has 4 heteroatoms. The summed E-state index contributed by atoms with van der Waals surface area (Å²) in [6, 6.07) is 0. The predicted molar refractivity (Wildman–Crippen MR) is 36.6 cm³/mol. The first kappa shape index (κ1) is 6.67. The number of carbonyl (C=O) groups is 1. The van der Waals surface area contributed by atoms with Crippen molar-refractivity contribution in [3.63, 3.8) is 0 Å². The number of aromatic nitrogens is 2. The zero-order valence-corrected chi connectivity index (χ0v) is 5.53. The van der Waals surface area contributed by atoms with Gasteiger partial charge in [-0.05, 0) is 6.92 Å². The van der Waals surface area contributed by atoms with Gasteiger partial charge in [0.15, 0.2) is 6.29 Å². The van der Waals surface area contributed by atoms with Crippen molar-refractivity contribution in [3.05, 3.63) is 17.6 Å². The van der Waals surface area contributed by atoms with Gasteiger partial charge >= 0.3 is 0 Å². The molecular formula is C6H7N3O. The van der Waals surface area contributed by atoms with Crippen LogP contribution >= 0.6 is 0 Å². The number of nitrogens with two attached hydrogens (primary N) is 1. The summed E-state index contributed by atoms with van der Waals surface area (Å²) in [5.41, 5.74) is 6.25. The number of aldehydes is 1. The van der Waals surface area contributed by atoms with Crippen molar-refractivity contribution in [3.8, 4) is 0 Å². The summed E-state index contributed by atoms with van der Waals surface area (Å²) in [5.74, 6) is 0.366. The Kier molecular flexibility index (Phi) is 1.62. The lowest BCUT2D eigenvalue weighted by Crippen LogP contribution is -1.99. The lowest BCUT2D eigenvalue weighted by atomic mass is 10.4. The zero-order valence-electron chi connectivity index (χ0n) is 5.53. The highest BCUT2D eigenvalue weighted by Gasteiger charge is 1.96. The van der Waals surface area contributed by atoms with Gasteiger partial charge in [-0.25, -0.2) is 9.97 Å². The quantitative estimate of drug-likeness (QED) is 0.560. The van der Waals surface area contributed by atoms with Gasteiger partial charge in [0.25, 0.3) is 0 Å². The highest BCUT2D eigenvalue weighted by Crippen LogP contribution is 2.01. The van der Waals surface area contributed by atoms with E-state index in [2.05, 4.69) is 9.97 Å². The first-order valence-electron chi connectivity index (χ1n) is 2.78. The monoisotopic (exact) mass is 137 g/mol. The lowest BCUT2D eigenvalue weighted by Gasteiger charge is -1.95. The summed E-state index contributed by atoms with van der Waals surface area (Å²) >= 11 is 0. The molecule has 0 saturated heterocycles. The van der Waals surface area contributed by atoms with Crippen molar-refractivity contribution < 1.29 is 4.79 Å². The van der Waals surface area contributed by atoms with E-state index in [0.29, 0.717) is 23.5 Å². The molecule has 0 aromatic carbocycles. The van der Waals surface area contributed by atoms with Gasteiger partial charge in [0.1, 0.15) is 11.5 Å². The second-order valence-corrected chi connectivity index (χ2v) is 1.88. The third kappa shape index (κ3) is 1.10. The van der Waals surface area contributed by atoms with Crippen LogP contribution in [0.5, 0.6) is 0 Å². The number of rotatable bonds is 1. The SMILES string of the molecule is Cc1nc(C=O)cnc1N. The molecule has 1 aromatic rings. The Morgan fingerprint density at radius 3 is 2.90 bits per heavy atom. The van der Waals surface area contributed by atoms with Crippen LogP contribution in [0.1, 0.15) is 16.2 Å². The number of nitrogen functional groups attached to an aromatic ring is 1. The van der Waals surface area contributed by atoms with Crippen LogP contribution in [-0.2, 0) is 0 Å². The van der Waals surface area contributed by atoms with Gasteiger partial charge in [-0.2, -0.15) is 0 Å². The Morgan fingerprint density at radius 1 is 1.70 bits per heavy atom. The van der Waals surface area contributed by atoms with Gasteiger partial charge in [0.2, 0.25) is 0 Å². The van der Waals surface area contributed by atoms with Crippen LogP contribution in [-0.4, -0.2) is 16.3 Å². The molecule has 0 aliphatic carbocycles. The average Bonchev–Trinajstić information content (AvgIpc) is 1.95. The van der Waals surface area contributed by atoms with E-state index < -0.39 is 0 Å². The van der Waals surface area contributed by atoms with E-state index in [9.17, 15) is 4.79 Å². The molecule has 52 valence electrons. The fourth-order valence-corrected chi connectivity index (χ4v) is 0.566. The molecule has 1 heterocycles. The molecule has 0 fully saturated rings. The Hall–Kier alpha value is -1.45. The summed E-state index contributed by atoms with van der Waals surface area (Å²) in [6.45, 7) is 1.70. The van der Waals surface area contributed by atoms with E-state index in [4.69, 9.17) is 5.73 Å². The minimum Gasteiger partial charge on any atom is -0.382 e. The van der Waals surface area contributed by atoms with E-state index >= 15 is 0 Å². The molecule has 0 aliphatic heterocycles. The molecule has 0 bridgehead atoms. The molecule has 2 N–H and O–H groups in total. The van der Waals surface area contributed by atoms with Crippen molar-refractivity contribution in [2.24, 2.45) is 0 Å². The molecular weight excluding hydrogens is 130 g/mol. The maximum atomic E-state index is 10.1. The number of hydrogen-bond acceptors (Lipinski definition) is 4. The number of aryl methyl sites for hydroxylation is 1. The van der Waals surface area contributed by atoms with Crippen molar-refractivity contribution >= 4 is 12.1 Å². The van der Waals surface area contributed by atoms with Crippen LogP contribution < -0.4 is 5.73 Å². The second-order valence-electron chi connectivity index (χ2n) is 1.88. The van der Waals surface area contributed by atoms with E-state index in [1.54, 1.807) is 6.92 Å². The van der Waals surface area contributed by atoms with Crippen LogP contribution in [0.3, 0.4) is 0 Å². The largest absolute Gasteiger partial charge is 0.382 e. The molecule has 1 aromatic heterocycles. The molecule has 0 amide bonds. The van der Waals surface area contributed by atoms with E-state index in [1.807, 2.05) is 0 Å². The highest BCUT2D eigenvalue weighted by atomic mass is 16.1. The topological polar surface area (TPSA) is 68.9 Å². The van der Waals surface area contributed by atoms with Crippen LogP contribution in [0.15, 0.2) is 6.20 Å². The Morgan fingerprint density at radius 2 is 2.40 bits per heavy atom. The summed E-state index contributed by atoms with van der Waals surface area (Å²) in [7, 11) is 0. The minimum atomic E-state index is 0.312. The third-order valence-electron chi connectivity index (χ3n) is 1.12. The Bertz CT molecular complexity index is 259. The lowest BCUT2D eigenvalue weighted by molar-refractivity contribution is 0.111. The Labute approximate surface area is 58.1 Å². The highest BCUT2D eigenvalue weighted by molar-refractivity contribution is 5.71. The van der Waals surface area contributed by atoms with Crippen molar-refractivity contribution in [2.45, 2.75) is 6.92 Å². The van der Waals surface area contributed by atoms with E-state index in [1.165, 1.54) is 6.20 Å². The van der Waals surface area contributed by atoms with Gasteiger partial charge in [-0.3, -0.25) is 4.79 Å². The molecule has 10 heavy (non-hydrogen) atoms. The number of hydrogen-bond donors (Lipinski definition) is 1.